The first-order valence-corrected chi connectivity index (χ1v) is 10.5. The number of rotatable bonds is 5. The zero-order valence-electron chi connectivity index (χ0n) is 18.9. The van der Waals surface area contributed by atoms with E-state index in [1.165, 1.54) is 16.7 Å². The topological polar surface area (TPSA) is 96.8 Å². The van der Waals surface area contributed by atoms with Crippen molar-refractivity contribution in [1.82, 2.24) is 14.5 Å². The number of carbonyl (C=O) groups is 1. The van der Waals surface area contributed by atoms with Gasteiger partial charge in [-0.1, -0.05) is 33.8 Å². The van der Waals surface area contributed by atoms with Crippen LogP contribution in [0.4, 0.5) is 18.9 Å². The number of benzene rings is 1. The highest BCUT2D eigenvalue weighted by Crippen LogP contribution is 2.32. The van der Waals surface area contributed by atoms with E-state index in [4.69, 9.17) is 0 Å². The minimum atomic E-state index is -4.58. The highest BCUT2D eigenvalue weighted by atomic mass is 19.4. The molecule has 3 aromatic rings. The van der Waals surface area contributed by atoms with Crippen LogP contribution in [0.25, 0.3) is 11.0 Å². The summed E-state index contributed by atoms with van der Waals surface area (Å²) in [4.78, 5) is 45.1. The molecule has 0 saturated heterocycles. The number of aromatic amines is 1. The maximum absolute atomic E-state index is 13.2. The lowest BCUT2D eigenvalue weighted by molar-refractivity contribution is -0.137. The number of nitrogens with one attached hydrogen (secondary N) is 2. The Bertz CT molecular complexity index is 1340. The predicted molar refractivity (Wildman–Crippen MR) is 120 cm³/mol. The first kappa shape index (κ1) is 24.2. The molecule has 0 fully saturated rings. The summed E-state index contributed by atoms with van der Waals surface area (Å²) in [5.41, 5.74) is -1.49. The molecule has 0 unspecified atom stereocenters. The first-order chi connectivity index (χ1) is 15.3. The number of halogens is 3. The molecular formula is C23H25F3N4O3. The van der Waals surface area contributed by atoms with E-state index in [1.54, 1.807) is 6.92 Å². The Morgan fingerprint density at radius 3 is 2.39 bits per heavy atom. The number of H-pyrrole nitrogens is 1. The lowest BCUT2D eigenvalue weighted by Crippen LogP contribution is -2.33. The van der Waals surface area contributed by atoms with Gasteiger partial charge >= 0.3 is 11.9 Å². The highest BCUT2D eigenvalue weighted by molar-refractivity contribution is 6.12. The van der Waals surface area contributed by atoms with Crippen LogP contribution in [0, 0.1) is 12.8 Å². The van der Waals surface area contributed by atoms with Gasteiger partial charge in [0, 0.05) is 17.9 Å². The van der Waals surface area contributed by atoms with Crippen molar-refractivity contribution in [2.45, 2.75) is 53.3 Å². The van der Waals surface area contributed by atoms with E-state index in [0.29, 0.717) is 11.3 Å². The number of pyridine rings is 1. The van der Waals surface area contributed by atoms with E-state index in [-0.39, 0.29) is 40.7 Å². The van der Waals surface area contributed by atoms with Gasteiger partial charge in [-0.15, -0.1) is 0 Å². The first-order valence-electron chi connectivity index (χ1n) is 10.5. The molecule has 0 aliphatic rings. The molecule has 0 aliphatic carbocycles. The maximum Gasteiger partial charge on any atom is 0.416 e. The van der Waals surface area contributed by atoms with Crippen molar-refractivity contribution in [2.75, 3.05) is 5.32 Å². The van der Waals surface area contributed by atoms with Gasteiger partial charge in [0.25, 0.3) is 11.5 Å². The summed E-state index contributed by atoms with van der Waals surface area (Å²) in [6, 6.07) is 4.47. The number of amides is 1. The van der Waals surface area contributed by atoms with E-state index < -0.39 is 28.9 Å². The third-order valence-electron chi connectivity index (χ3n) is 5.17. The molecule has 2 heterocycles. The molecule has 1 aromatic carbocycles. The van der Waals surface area contributed by atoms with Gasteiger partial charge in [-0.05, 0) is 42.5 Å². The van der Waals surface area contributed by atoms with Gasteiger partial charge in [0.05, 0.1) is 16.5 Å². The molecule has 0 atom stereocenters. The Kier molecular flexibility index (Phi) is 6.49. The number of aromatic nitrogens is 3. The van der Waals surface area contributed by atoms with Crippen LogP contribution in [0.2, 0.25) is 0 Å². The molecule has 3 rings (SSSR count). The summed E-state index contributed by atoms with van der Waals surface area (Å²) >= 11 is 0. The van der Waals surface area contributed by atoms with Crippen molar-refractivity contribution in [1.29, 1.82) is 0 Å². The lowest BCUT2D eigenvalue weighted by Gasteiger charge is -2.17. The molecule has 0 aliphatic heterocycles. The molecule has 1 amide bonds. The largest absolute Gasteiger partial charge is 0.416 e. The summed E-state index contributed by atoms with van der Waals surface area (Å²) in [6.07, 6.45) is -4.58. The molecule has 0 spiro atoms. The minimum absolute atomic E-state index is 0.0298. The SMILES string of the molecule is Cc1ccc(C(F)(F)F)cc1NC(=O)c1cc(C(C)C)nc2c1c(=O)[nH]c(=O)n2CC(C)C. The zero-order chi connectivity index (χ0) is 24.7. The molecule has 176 valence electrons. The second kappa shape index (κ2) is 8.84. The number of alkyl halides is 3. The molecular weight excluding hydrogens is 437 g/mol. The second-order valence-corrected chi connectivity index (χ2v) is 8.69. The number of aryl methyl sites for hydroxylation is 1. The van der Waals surface area contributed by atoms with Crippen LogP contribution in [0.1, 0.15) is 60.8 Å². The van der Waals surface area contributed by atoms with Gasteiger partial charge in [-0.25, -0.2) is 9.78 Å². The Morgan fingerprint density at radius 2 is 1.82 bits per heavy atom. The minimum Gasteiger partial charge on any atom is -0.322 e. The Hall–Kier alpha value is -3.43. The zero-order valence-corrected chi connectivity index (χ0v) is 18.9. The van der Waals surface area contributed by atoms with Crippen LogP contribution in [0.3, 0.4) is 0 Å². The van der Waals surface area contributed by atoms with Crippen LogP contribution in [0.15, 0.2) is 33.9 Å². The third-order valence-corrected chi connectivity index (χ3v) is 5.17. The molecule has 7 nitrogen and oxygen atoms in total. The van der Waals surface area contributed by atoms with E-state index >= 15 is 0 Å². The van der Waals surface area contributed by atoms with Crippen molar-refractivity contribution in [3.63, 3.8) is 0 Å². The summed E-state index contributed by atoms with van der Waals surface area (Å²) in [6.45, 7) is 9.27. The van der Waals surface area contributed by atoms with Gasteiger partial charge < -0.3 is 5.32 Å². The average Bonchev–Trinajstić information content (AvgIpc) is 2.70. The average molecular weight is 462 g/mol. The van der Waals surface area contributed by atoms with E-state index in [0.717, 1.165) is 12.1 Å². The monoisotopic (exact) mass is 462 g/mol. The van der Waals surface area contributed by atoms with E-state index in [1.807, 2.05) is 27.7 Å². The summed E-state index contributed by atoms with van der Waals surface area (Å²) in [5, 5.41) is 2.40. The fourth-order valence-electron chi connectivity index (χ4n) is 3.43. The molecule has 10 heteroatoms. The summed E-state index contributed by atoms with van der Waals surface area (Å²) in [5.74, 6) is -0.864. The number of carbonyl (C=O) groups excluding carboxylic acids is 1. The van der Waals surface area contributed by atoms with Crippen LogP contribution >= 0.6 is 0 Å². The molecule has 0 bridgehead atoms. The number of fused-ring (bicyclic) bond motifs is 1. The molecule has 2 aromatic heterocycles. The smallest absolute Gasteiger partial charge is 0.322 e. The van der Waals surface area contributed by atoms with Crippen molar-refractivity contribution in [3.8, 4) is 0 Å². The van der Waals surface area contributed by atoms with Gasteiger partial charge in [-0.2, -0.15) is 13.2 Å². The normalized spacial score (nSPS) is 12.1. The number of hydrogen-bond acceptors (Lipinski definition) is 4. The van der Waals surface area contributed by atoms with Crippen molar-refractivity contribution in [2.24, 2.45) is 5.92 Å². The predicted octanol–water partition coefficient (Wildman–Crippen LogP) is 4.44. The van der Waals surface area contributed by atoms with Crippen LogP contribution in [-0.2, 0) is 12.7 Å². The van der Waals surface area contributed by atoms with Crippen LogP contribution in [0.5, 0.6) is 0 Å². The quantitative estimate of drug-likeness (QED) is 0.586. The Morgan fingerprint density at radius 1 is 1.15 bits per heavy atom. The van der Waals surface area contributed by atoms with Crippen molar-refractivity contribution < 1.29 is 18.0 Å². The maximum atomic E-state index is 13.2. The van der Waals surface area contributed by atoms with Gasteiger partial charge in [0.1, 0.15) is 0 Å². The fourth-order valence-corrected chi connectivity index (χ4v) is 3.43. The second-order valence-electron chi connectivity index (χ2n) is 8.69. The molecule has 0 radical (unpaired) electrons. The van der Waals surface area contributed by atoms with Crippen molar-refractivity contribution >= 4 is 22.6 Å². The standard InChI is InChI=1S/C23H25F3N4O3/c1-11(2)10-30-19-18(21(32)29-22(30)33)15(9-16(27-19)12(3)4)20(31)28-17-8-14(23(24,25)26)7-6-13(17)5/h6-9,11-12H,10H2,1-5H3,(H,28,31)(H,29,32,33). The molecule has 2 N–H and O–H groups in total. The van der Waals surface area contributed by atoms with Gasteiger partial charge in [-0.3, -0.25) is 19.1 Å². The third kappa shape index (κ3) is 4.99. The Balaban J connectivity index is 2.23. The number of nitrogens with zero attached hydrogens (tertiary/aromatic N) is 2. The van der Waals surface area contributed by atoms with E-state index in [9.17, 15) is 27.6 Å². The molecule has 33 heavy (non-hydrogen) atoms. The Labute approximate surface area is 187 Å². The highest BCUT2D eigenvalue weighted by Gasteiger charge is 2.31. The summed E-state index contributed by atoms with van der Waals surface area (Å²) < 4.78 is 40.8. The van der Waals surface area contributed by atoms with Crippen molar-refractivity contribution in [3.05, 3.63) is 67.5 Å². The van der Waals surface area contributed by atoms with Crippen LogP contribution in [-0.4, -0.2) is 20.4 Å². The number of hydrogen-bond donors (Lipinski definition) is 2. The molecule has 0 saturated carbocycles. The lowest BCUT2D eigenvalue weighted by atomic mass is 10.0. The fraction of sp³-hybridized carbons (Fsp3) is 0.391. The summed E-state index contributed by atoms with van der Waals surface area (Å²) in [7, 11) is 0. The van der Waals surface area contributed by atoms with Gasteiger partial charge in [0.2, 0.25) is 0 Å². The van der Waals surface area contributed by atoms with E-state index in [2.05, 4.69) is 15.3 Å². The number of anilines is 1. The van der Waals surface area contributed by atoms with Gasteiger partial charge in [0.15, 0.2) is 5.65 Å². The van der Waals surface area contributed by atoms with Crippen LogP contribution < -0.4 is 16.6 Å².